The van der Waals surface area contributed by atoms with Crippen LogP contribution in [0.5, 0.6) is 0 Å². The van der Waals surface area contributed by atoms with Crippen molar-refractivity contribution in [2.24, 2.45) is 5.10 Å². The Labute approximate surface area is 154 Å². The average molecular weight is 352 g/mol. The lowest BCUT2D eigenvalue weighted by molar-refractivity contribution is -0.125. The van der Waals surface area contributed by atoms with Gasteiger partial charge in [-0.15, -0.1) is 0 Å². The van der Waals surface area contributed by atoms with Crippen LogP contribution in [0, 0.1) is 0 Å². The first-order valence-corrected chi connectivity index (χ1v) is 8.86. The molecule has 0 aromatic heterocycles. The van der Waals surface area contributed by atoms with Crippen molar-refractivity contribution >= 4 is 28.8 Å². The Morgan fingerprint density at radius 3 is 2.27 bits per heavy atom. The smallest absolute Gasteiger partial charge is 0.276 e. The topological polar surface area (TPSA) is 56.2 Å². The SMILES string of the molecule is CCCCN1N=C(C(C)=O)/C(=C\C=C2N(C)c3ccccc3N2C)C1=O. The van der Waals surface area contributed by atoms with E-state index < -0.39 is 0 Å². The molecule has 0 bridgehead atoms. The second-order valence-electron chi connectivity index (χ2n) is 6.50. The van der Waals surface area contributed by atoms with Crippen LogP contribution in [-0.4, -0.2) is 43.1 Å². The molecular weight excluding hydrogens is 328 g/mol. The molecule has 2 aliphatic rings. The van der Waals surface area contributed by atoms with E-state index >= 15 is 0 Å². The number of nitrogens with zero attached hydrogens (tertiary/aromatic N) is 4. The van der Waals surface area contributed by atoms with Crippen molar-refractivity contribution in [3.63, 3.8) is 0 Å². The molecule has 6 heteroatoms. The fraction of sp³-hybridized carbons (Fsp3) is 0.350. The highest BCUT2D eigenvalue weighted by atomic mass is 16.2. The van der Waals surface area contributed by atoms with Gasteiger partial charge in [-0.2, -0.15) is 5.10 Å². The highest BCUT2D eigenvalue weighted by Crippen LogP contribution is 2.39. The van der Waals surface area contributed by atoms with Gasteiger partial charge in [-0.05, 0) is 30.7 Å². The Morgan fingerprint density at radius 2 is 1.73 bits per heavy atom. The van der Waals surface area contributed by atoms with Crippen LogP contribution in [0.1, 0.15) is 26.7 Å². The zero-order chi connectivity index (χ0) is 18.8. The maximum absolute atomic E-state index is 12.6. The first kappa shape index (κ1) is 17.9. The van der Waals surface area contributed by atoms with E-state index in [1.165, 1.54) is 11.9 Å². The van der Waals surface area contributed by atoms with Gasteiger partial charge in [0.25, 0.3) is 5.91 Å². The number of benzene rings is 1. The molecule has 26 heavy (non-hydrogen) atoms. The molecule has 0 N–H and O–H groups in total. The van der Waals surface area contributed by atoms with Crippen LogP contribution in [0.4, 0.5) is 11.4 Å². The summed E-state index contributed by atoms with van der Waals surface area (Å²) in [6.07, 6.45) is 5.40. The van der Waals surface area contributed by atoms with Crippen LogP contribution >= 0.6 is 0 Å². The van der Waals surface area contributed by atoms with Crippen LogP contribution in [0.3, 0.4) is 0 Å². The fourth-order valence-corrected chi connectivity index (χ4v) is 3.21. The number of allylic oxidation sites excluding steroid dienone is 2. The number of Topliss-reactive ketones (excluding diaryl/α,β-unsaturated/α-hetero) is 1. The number of hydrazone groups is 1. The van der Waals surface area contributed by atoms with E-state index in [-0.39, 0.29) is 17.4 Å². The number of para-hydroxylation sites is 2. The number of ketones is 1. The molecule has 0 unspecified atom stereocenters. The number of unbranched alkanes of at least 4 members (excludes halogenated alkanes) is 1. The van der Waals surface area contributed by atoms with Crippen molar-refractivity contribution in [1.29, 1.82) is 0 Å². The molecule has 0 fully saturated rings. The number of hydrogen-bond donors (Lipinski definition) is 0. The molecule has 1 amide bonds. The number of fused-ring (bicyclic) bond motifs is 1. The molecular formula is C20H24N4O2. The summed E-state index contributed by atoms with van der Waals surface area (Å²) in [6, 6.07) is 8.10. The minimum Gasteiger partial charge on any atom is -0.329 e. The molecule has 1 aromatic carbocycles. The van der Waals surface area contributed by atoms with Crippen LogP contribution in [-0.2, 0) is 9.59 Å². The van der Waals surface area contributed by atoms with Crippen molar-refractivity contribution in [2.45, 2.75) is 26.7 Å². The van der Waals surface area contributed by atoms with Crippen molar-refractivity contribution in [2.75, 3.05) is 30.4 Å². The van der Waals surface area contributed by atoms with Gasteiger partial charge in [0.05, 0.1) is 16.9 Å². The van der Waals surface area contributed by atoms with E-state index in [2.05, 4.69) is 34.0 Å². The van der Waals surface area contributed by atoms with Gasteiger partial charge in [0.1, 0.15) is 11.5 Å². The number of rotatable bonds is 5. The van der Waals surface area contributed by atoms with E-state index in [1.54, 1.807) is 6.08 Å². The van der Waals surface area contributed by atoms with Crippen LogP contribution in [0.2, 0.25) is 0 Å². The molecule has 0 atom stereocenters. The standard InChI is InChI=1S/C20H24N4O2/c1-5-6-13-24-20(26)15(19(21-24)14(2)25)11-12-18-22(3)16-9-7-8-10-17(16)23(18)4/h7-12H,5-6,13H2,1-4H3/b15-11+. The second kappa shape index (κ2) is 7.15. The van der Waals surface area contributed by atoms with E-state index in [9.17, 15) is 9.59 Å². The summed E-state index contributed by atoms with van der Waals surface area (Å²) in [5.41, 5.74) is 2.80. The van der Waals surface area contributed by atoms with Crippen LogP contribution < -0.4 is 9.80 Å². The average Bonchev–Trinajstić information content (AvgIpc) is 3.07. The molecule has 0 spiro atoms. The Bertz CT molecular complexity index is 807. The normalized spacial score (nSPS) is 17.9. The lowest BCUT2D eigenvalue weighted by atomic mass is 10.1. The molecule has 136 valence electrons. The number of carbonyl (C=O) groups is 2. The Balaban J connectivity index is 1.92. The summed E-state index contributed by atoms with van der Waals surface area (Å²) in [4.78, 5) is 28.7. The lowest BCUT2D eigenvalue weighted by Crippen LogP contribution is -2.24. The van der Waals surface area contributed by atoms with E-state index in [0.29, 0.717) is 12.1 Å². The monoisotopic (exact) mass is 352 g/mol. The summed E-state index contributed by atoms with van der Waals surface area (Å²) in [5.74, 6) is 0.529. The molecule has 2 heterocycles. The van der Waals surface area contributed by atoms with E-state index in [4.69, 9.17) is 0 Å². The van der Waals surface area contributed by atoms with Crippen molar-refractivity contribution in [3.8, 4) is 0 Å². The van der Waals surface area contributed by atoms with E-state index in [0.717, 1.165) is 30.0 Å². The molecule has 2 aliphatic heterocycles. The summed E-state index contributed by atoms with van der Waals surface area (Å²) in [6.45, 7) is 4.03. The maximum atomic E-state index is 12.6. The summed E-state index contributed by atoms with van der Waals surface area (Å²) < 4.78 is 0. The van der Waals surface area contributed by atoms with Gasteiger partial charge in [0.15, 0.2) is 5.78 Å². The third-order valence-corrected chi connectivity index (χ3v) is 4.69. The van der Waals surface area contributed by atoms with Crippen molar-refractivity contribution < 1.29 is 9.59 Å². The van der Waals surface area contributed by atoms with Gasteiger partial charge in [0, 0.05) is 27.6 Å². The number of anilines is 2. The van der Waals surface area contributed by atoms with Crippen LogP contribution in [0.25, 0.3) is 0 Å². The molecule has 6 nitrogen and oxygen atoms in total. The first-order chi connectivity index (χ1) is 12.5. The number of carbonyl (C=O) groups excluding carboxylic acids is 2. The third-order valence-electron chi connectivity index (χ3n) is 4.69. The zero-order valence-electron chi connectivity index (χ0n) is 15.7. The van der Waals surface area contributed by atoms with Crippen LogP contribution in [0.15, 0.2) is 52.9 Å². The summed E-state index contributed by atoms with van der Waals surface area (Å²) in [5, 5.41) is 5.64. The van der Waals surface area contributed by atoms with Gasteiger partial charge in [-0.25, -0.2) is 5.01 Å². The molecule has 0 aliphatic carbocycles. The number of hydrogen-bond acceptors (Lipinski definition) is 5. The summed E-state index contributed by atoms with van der Waals surface area (Å²) >= 11 is 0. The van der Waals surface area contributed by atoms with Gasteiger partial charge in [-0.1, -0.05) is 25.5 Å². The Hall–Kier alpha value is -2.89. The minimum atomic E-state index is -0.207. The molecule has 3 rings (SSSR count). The predicted octanol–water partition coefficient (Wildman–Crippen LogP) is 2.93. The molecule has 0 radical (unpaired) electrons. The predicted molar refractivity (Wildman–Crippen MR) is 104 cm³/mol. The zero-order valence-corrected chi connectivity index (χ0v) is 15.7. The van der Waals surface area contributed by atoms with Crippen molar-refractivity contribution in [3.05, 3.63) is 47.8 Å². The first-order valence-electron chi connectivity index (χ1n) is 8.86. The Kier molecular flexibility index (Phi) is 4.93. The second-order valence-corrected chi connectivity index (χ2v) is 6.50. The third kappa shape index (κ3) is 3.03. The highest BCUT2D eigenvalue weighted by Gasteiger charge is 2.32. The quantitative estimate of drug-likeness (QED) is 0.765. The van der Waals surface area contributed by atoms with Gasteiger partial charge < -0.3 is 9.80 Å². The number of amides is 1. The summed E-state index contributed by atoms with van der Waals surface area (Å²) in [7, 11) is 3.97. The largest absolute Gasteiger partial charge is 0.329 e. The molecule has 0 saturated heterocycles. The maximum Gasteiger partial charge on any atom is 0.276 e. The Morgan fingerprint density at radius 1 is 1.12 bits per heavy atom. The fourth-order valence-electron chi connectivity index (χ4n) is 3.21. The van der Waals surface area contributed by atoms with Gasteiger partial charge in [0.2, 0.25) is 0 Å². The lowest BCUT2D eigenvalue weighted by Gasteiger charge is -2.17. The molecule has 1 aromatic rings. The highest BCUT2D eigenvalue weighted by molar-refractivity contribution is 6.52. The van der Waals surface area contributed by atoms with Crippen molar-refractivity contribution in [1.82, 2.24) is 5.01 Å². The molecule has 0 saturated carbocycles. The van der Waals surface area contributed by atoms with Gasteiger partial charge >= 0.3 is 0 Å². The minimum absolute atomic E-state index is 0.196. The van der Waals surface area contributed by atoms with Gasteiger partial charge in [-0.3, -0.25) is 9.59 Å². The van der Waals surface area contributed by atoms with E-state index in [1.807, 2.05) is 32.3 Å².